The van der Waals surface area contributed by atoms with Gasteiger partial charge in [-0.15, -0.1) is 0 Å². The van der Waals surface area contributed by atoms with E-state index < -0.39 is 6.04 Å². The Bertz CT molecular complexity index is 668. The van der Waals surface area contributed by atoms with Gasteiger partial charge in [-0.25, -0.2) is 0 Å². The summed E-state index contributed by atoms with van der Waals surface area (Å²) in [7, 11) is 0. The zero-order valence-electron chi connectivity index (χ0n) is 13.0. The normalized spacial score (nSPS) is 12.0. The minimum atomic E-state index is -0.659. The summed E-state index contributed by atoms with van der Waals surface area (Å²) in [5, 5.41) is 5.85. The van der Waals surface area contributed by atoms with Gasteiger partial charge < -0.3 is 15.1 Å². The molecule has 0 spiro atoms. The fraction of sp³-hybridized carbons (Fsp3) is 0.294. The average molecular weight is 335 g/mol. The lowest BCUT2D eigenvalue weighted by Crippen LogP contribution is -2.49. The van der Waals surface area contributed by atoms with Crippen molar-refractivity contribution in [3.63, 3.8) is 0 Å². The van der Waals surface area contributed by atoms with Crippen molar-refractivity contribution < 1.29 is 14.0 Å². The number of carbonyl (C=O) groups excluding carboxylic acids is 2. The molecule has 2 N–H and O–H groups in total. The smallest absolute Gasteiger partial charge is 0.253 e. The van der Waals surface area contributed by atoms with Crippen LogP contribution in [-0.2, 0) is 11.3 Å². The van der Waals surface area contributed by atoms with Crippen molar-refractivity contribution in [3.8, 4) is 0 Å². The van der Waals surface area contributed by atoms with Gasteiger partial charge in [0.05, 0.1) is 23.4 Å². The SMILES string of the molecule is CC(C)[C@@H](NC(=O)c1ccccc1Cl)C(=O)NCc1ccco1. The monoisotopic (exact) mass is 334 g/mol. The van der Waals surface area contributed by atoms with Crippen LogP contribution in [0.3, 0.4) is 0 Å². The second-order valence-corrected chi connectivity index (χ2v) is 5.88. The molecule has 1 heterocycles. The van der Waals surface area contributed by atoms with Gasteiger partial charge in [-0.3, -0.25) is 9.59 Å². The molecule has 0 saturated heterocycles. The summed E-state index contributed by atoms with van der Waals surface area (Å²) in [6.07, 6.45) is 1.54. The van der Waals surface area contributed by atoms with Gasteiger partial charge in [0, 0.05) is 0 Å². The van der Waals surface area contributed by atoms with Crippen LogP contribution in [0.5, 0.6) is 0 Å². The summed E-state index contributed by atoms with van der Waals surface area (Å²) in [5.41, 5.74) is 0.346. The molecule has 23 heavy (non-hydrogen) atoms. The van der Waals surface area contributed by atoms with E-state index in [2.05, 4.69) is 10.6 Å². The van der Waals surface area contributed by atoms with E-state index in [1.54, 1.807) is 42.7 Å². The van der Waals surface area contributed by atoms with Gasteiger partial charge in [0.25, 0.3) is 5.91 Å². The van der Waals surface area contributed by atoms with E-state index in [-0.39, 0.29) is 24.3 Å². The molecule has 1 aromatic carbocycles. The summed E-state index contributed by atoms with van der Waals surface area (Å²) in [4.78, 5) is 24.7. The van der Waals surface area contributed by atoms with E-state index >= 15 is 0 Å². The van der Waals surface area contributed by atoms with Crippen LogP contribution < -0.4 is 10.6 Å². The predicted molar refractivity (Wildman–Crippen MR) is 88.1 cm³/mol. The minimum Gasteiger partial charge on any atom is -0.467 e. The first kappa shape index (κ1) is 17.1. The van der Waals surface area contributed by atoms with E-state index in [0.717, 1.165) is 0 Å². The molecule has 2 amide bonds. The Morgan fingerprint density at radius 2 is 1.91 bits per heavy atom. The lowest BCUT2D eigenvalue weighted by atomic mass is 10.0. The first-order chi connectivity index (χ1) is 11.0. The third-order valence-electron chi connectivity index (χ3n) is 3.37. The molecule has 1 atom stereocenters. The highest BCUT2D eigenvalue weighted by molar-refractivity contribution is 6.33. The molecule has 2 aromatic rings. The maximum Gasteiger partial charge on any atom is 0.253 e. The van der Waals surface area contributed by atoms with Crippen LogP contribution in [0, 0.1) is 5.92 Å². The standard InChI is InChI=1S/C17H19ClN2O3/c1-11(2)15(17(22)19-10-12-6-5-9-23-12)20-16(21)13-7-3-4-8-14(13)18/h3-9,11,15H,10H2,1-2H3,(H,19,22)(H,20,21)/t15-/m1/s1. The largest absolute Gasteiger partial charge is 0.467 e. The molecule has 2 rings (SSSR count). The first-order valence-corrected chi connectivity index (χ1v) is 7.72. The van der Waals surface area contributed by atoms with E-state index in [1.807, 2.05) is 13.8 Å². The second kappa shape index (κ2) is 7.83. The quantitative estimate of drug-likeness (QED) is 0.853. The van der Waals surface area contributed by atoms with Crippen molar-refractivity contribution in [1.82, 2.24) is 10.6 Å². The number of nitrogens with one attached hydrogen (secondary N) is 2. The van der Waals surface area contributed by atoms with Gasteiger partial charge in [0.1, 0.15) is 11.8 Å². The van der Waals surface area contributed by atoms with Crippen LogP contribution in [0.4, 0.5) is 0 Å². The van der Waals surface area contributed by atoms with Crippen molar-refractivity contribution in [2.24, 2.45) is 5.92 Å². The van der Waals surface area contributed by atoms with Crippen LogP contribution in [0.2, 0.25) is 5.02 Å². The van der Waals surface area contributed by atoms with Gasteiger partial charge in [0.2, 0.25) is 5.91 Å². The Hall–Kier alpha value is -2.27. The molecular formula is C17H19ClN2O3. The maximum absolute atomic E-state index is 12.3. The van der Waals surface area contributed by atoms with Gasteiger partial charge in [-0.05, 0) is 30.2 Å². The van der Waals surface area contributed by atoms with Crippen LogP contribution in [-0.4, -0.2) is 17.9 Å². The van der Waals surface area contributed by atoms with Crippen molar-refractivity contribution in [1.29, 1.82) is 0 Å². The molecule has 0 radical (unpaired) electrons. The fourth-order valence-corrected chi connectivity index (χ4v) is 2.32. The van der Waals surface area contributed by atoms with Crippen molar-refractivity contribution in [2.45, 2.75) is 26.4 Å². The summed E-state index contributed by atoms with van der Waals surface area (Å²) >= 11 is 6.02. The summed E-state index contributed by atoms with van der Waals surface area (Å²) in [6, 6.07) is 9.59. The lowest BCUT2D eigenvalue weighted by Gasteiger charge is -2.21. The highest BCUT2D eigenvalue weighted by atomic mass is 35.5. The summed E-state index contributed by atoms with van der Waals surface area (Å²) in [6.45, 7) is 4.01. The molecule has 1 aromatic heterocycles. The molecule has 0 fully saturated rings. The lowest BCUT2D eigenvalue weighted by molar-refractivity contribution is -0.124. The highest BCUT2D eigenvalue weighted by Gasteiger charge is 2.25. The van der Waals surface area contributed by atoms with E-state index in [4.69, 9.17) is 16.0 Å². The number of rotatable bonds is 6. The van der Waals surface area contributed by atoms with Crippen LogP contribution in [0.25, 0.3) is 0 Å². The Morgan fingerprint density at radius 3 is 2.52 bits per heavy atom. The van der Waals surface area contributed by atoms with Gasteiger partial charge >= 0.3 is 0 Å². The van der Waals surface area contributed by atoms with Crippen LogP contribution >= 0.6 is 11.6 Å². The number of furan rings is 1. The number of carbonyl (C=O) groups is 2. The molecule has 6 heteroatoms. The highest BCUT2D eigenvalue weighted by Crippen LogP contribution is 2.15. The zero-order chi connectivity index (χ0) is 16.8. The zero-order valence-corrected chi connectivity index (χ0v) is 13.8. The number of halogens is 1. The molecule has 0 aliphatic heterocycles. The summed E-state index contributed by atoms with van der Waals surface area (Å²) < 4.78 is 5.17. The number of amides is 2. The molecule has 0 aliphatic rings. The van der Waals surface area contributed by atoms with Gasteiger partial charge in [-0.1, -0.05) is 37.6 Å². The molecule has 122 valence electrons. The van der Waals surface area contributed by atoms with Crippen molar-refractivity contribution in [3.05, 3.63) is 59.0 Å². The van der Waals surface area contributed by atoms with E-state index in [1.165, 1.54) is 0 Å². The third kappa shape index (κ3) is 4.60. The van der Waals surface area contributed by atoms with Crippen molar-refractivity contribution >= 4 is 23.4 Å². The Morgan fingerprint density at radius 1 is 1.17 bits per heavy atom. The number of hydrogen-bond donors (Lipinski definition) is 2. The van der Waals surface area contributed by atoms with Crippen molar-refractivity contribution in [2.75, 3.05) is 0 Å². The second-order valence-electron chi connectivity index (χ2n) is 5.47. The topological polar surface area (TPSA) is 71.3 Å². The number of benzene rings is 1. The molecular weight excluding hydrogens is 316 g/mol. The van der Waals surface area contributed by atoms with Gasteiger partial charge in [0.15, 0.2) is 0 Å². The molecule has 0 saturated carbocycles. The predicted octanol–water partition coefficient (Wildman–Crippen LogP) is 3.00. The Kier molecular flexibility index (Phi) is 5.82. The Balaban J connectivity index is 2.02. The van der Waals surface area contributed by atoms with Crippen LogP contribution in [0.1, 0.15) is 30.0 Å². The maximum atomic E-state index is 12.3. The number of hydrogen-bond acceptors (Lipinski definition) is 3. The minimum absolute atomic E-state index is 0.0713. The fourth-order valence-electron chi connectivity index (χ4n) is 2.10. The first-order valence-electron chi connectivity index (χ1n) is 7.34. The van der Waals surface area contributed by atoms with E-state index in [0.29, 0.717) is 16.3 Å². The van der Waals surface area contributed by atoms with E-state index in [9.17, 15) is 9.59 Å². The van der Waals surface area contributed by atoms with Crippen LogP contribution in [0.15, 0.2) is 47.1 Å². The van der Waals surface area contributed by atoms with Gasteiger partial charge in [-0.2, -0.15) is 0 Å². The summed E-state index contributed by atoms with van der Waals surface area (Å²) in [5.74, 6) is -0.0597. The third-order valence-corrected chi connectivity index (χ3v) is 3.70. The molecule has 0 aliphatic carbocycles. The molecule has 0 unspecified atom stereocenters. The molecule has 0 bridgehead atoms. The average Bonchev–Trinajstić information content (AvgIpc) is 3.03. The Labute approximate surface area is 140 Å². The molecule has 5 nitrogen and oxygen atoms in total.